The topological polar surface area (TPSA) is 109 Å². The monoisotopic (exact) mass is 486 g/mol. The van der Waals surface area contributed by atoms with Gasteiger partial charge in [-0.25, -0.2) is 15.0 Å². The normalized spacial score (nSPS) is 14.0. The zero-order chi connectivity index (χ0) is 25.2. The molecule has 3 N–H and O–H groups in total. The van der Waals surface area contributed by atoms with Gasteiger partial charge in [0, 0.05) is 50.2 Å². The van der Waals surface area contributed by atoms with E-state index < -0.39 is 0 Å². The Labute approximate surface area is 215 Å². The van der Waals surface area contributed by atoms with Gasteiger partial charge in [-0.15, -0.1) is 0 Å². The Balaban J connectivity index is 1.46. The third-order valence-corrected chi connectivity index (χ3v) is 6.70. The van der Waals surface area contributed by atoms with Crippen LogP contribution in [-0.4, -0.2) is 50.6 Å². The van der Waals surface area contributed by atoms with Crippen LogP contribution in [0.4, 0.5) is 5.82 Å². The summed E-state index contributed by atoms with van der Waals surface area (Å²) in [5.74, 6) is 1.11. The molecule has 1 fully saturated rings. The van der Waals surface area contributed by atoms with Crippen LogP contribution in [0.2, 0.25) is 0 Å². The molecule has 0 unspecified atom stereocenters. The number of benzene rings is 2. The van der Waals surface area contributed by atoms with E-state index in [0.29, 0.717) is 17.2 Å². The maximum absolute atomic E-state index is 9.15. The van der Waals surface area contributed by atoms with Gasteiger partial charge in [-0.1, -0.05) is 24.3 Å². The van der Waals surface area contributed by atoms with Crippen molar-refractivity contribution in [1.82, 2.24) is 29.7 Å². The van der Waals surface area contributed by atoms with E-state index in [2.05, 4.69) is 45.5 Å². The molecule has 2 aromatic carbocycles. The summed E-state index contributed by atoms with van der Waals surface area (Å²) in [6, 6.07) is 25.9. The highest BCUT2D eigenvalue weighted by atomic mass is 15.2. The Morgan fingerprint density at radius 3 is 2.43 bits per heavy atom. The van der Waals surface area contributed by atoms with Crippen LogP contribution in [0, 0.1) is 11.3 Å². The molecule has 5 aromatic rings. The van der Waals surface area contributed by atoms with E-state index in [1.165, 1.54) is 5.56 Å². The Kier molecular flexibility index (Phi) is 6.06. The van der Waals surface area contributed by atoms with Crippen LogP contribution in [0.15, 0.2) is 79.0 Å². The third-order valence-electron chi connectivity index (χ3n) is 6.70. The number of nitriles is 1. The fraction of sp³-hybridized carbons (Fsp3) is 0.172. The highest BCUT2D eigenvalue weighted by molar-refractivity contribution is 5.84. The number of aromatic nitrogens is 4. The van der Waals surface area contributed by atoms with Gasteiger partial charge in [0.15, 0.2) is 11.5 Å². The number of pyridine rings is 2. The minimum Gasteiger partial charge on any atom is -0.383 e. The largest absolute Gasteiger partial charge is 0.383 e. The molecule has 0 radical (unpaired) electrons. The molecule has 6 rings (SSSR count). The molecule has 0 aliphatic carbocycles. The summed E-state index contributed by atoms with van der Waals surface area (Å²) in [4.78, 5) is 16.7. The molecule has 3 aromatic heterocycles. The van der Waals surface area contributed by atoms with Gasteiger partial charge in [0.25, 0.3) is 0 Å². The summed E-state index contributed by atoms with van der Waals surface area (Å²) < 4.78 is 2.05. The van der Waals surface area contributed by atoms with Crippen LogP contribution in [0.3, 0.4) is 0 Å². The molecule has 37 heavy (non-hydrogen) atoms. The molecule has 4 heterocycles. The predicted molar refractivity (Wildman–Crippen MR) is 145 cm³/mol. The first-order valence-corrected chi connectivity index (χ1v) is 12.3. The van der Waals surface area contributed by atoms with Crippen LogP contribution in [0.5, 0.6) is 0 Å². The Morgan fingerprint density at radius 2 is 1.70 bits per heavy atom. The second kappa shape index (κ2) is 9.82. The first-order valence-electron chi connectivity index (χ1n) is 12.3. The number of hydrogen-bond acceptors (Lipinski definition) is 7. The minimum atomic E-state index is 0.418. The lowest BCUT2D eigenvalue weighted by molar-refractivity contribution is 0.233. The lowest BCUT2D eigenvalue weighted by Crippen LogP contribution is -2.42. The van der Waals surface area contributed by atoms with Crippen molar-refractivity contribution in [2.24, 2.45) is 0 Å². The molecule has 0 atom stereocenters. The van der Waals surface area contributed by atoms with Crippen LogP contribution in [0.25, 0.3) is 39.5 Å². The van der Waals surface area contributed by atoms with Crippen molar-refractivity contribution < 1.29 is 0 Å². The quantitative estimate of drug-likeness (QED) is 0.386. The van der Waals surface area contributed by atoms with Crippen molar-refractivity contribution in [2.75, 3.05) is 31.9 Å². The van der Waals surface area contributed by atoms with E-state index in [0.717, 1.165) is 66.4 Å². The highest BCUT2D eigenvalue weighted by Gasteiger charge is 2.19. The van der Waals surface area contributed by atoms with E-state index in [1.807, 2.05) is 41.0 Å². The standard InChI is InChI=1S/C29H26N8/c30-18-20-3-7-22(8-4-20)25-11-12-26-29(34-25)37(28(35-26)24-2-1-13-33-27(24)31)23-9-5-21(6-10-23)19-36-16-14-32-15-17-36/h1-13,32H,14-17,19H2,(H2,31,33). The van der Waals surface area contributed by atoms with Crippen molar-refractivity contribution in [3.05, 3.63) is 90.1 Å². The molecule has 0 amide bonds. The smallest absolute Gasteiger partial charge is 0.165 e. The Morgan fingerprint density at radius 1 is 0.919 bits per heavy atom. The van der Waals surface area contributed by atoms with Gasteiger partial charge >= 0.3 is 0 Å². The van der Waals surface area contributed by atoms with Crippen molar-refractivity contribution >= 4 is 17.0 Å². The number of piperazine rings is 1. The van der Waals surface area contributed by atoms with Crippen molar-refractivity contribution in [3.8, 4) is 34.4 Å². The molecule has 182 valence electrons. The summed E-state index contributed by atoms with van der Waals surface area (Å²) in [7, 11) is 0. The molecule has 8 nitrogen and oxygen atoms in total. The first kappa shape index (κ1) is 22.9. The summed E-state index contributed by atoms with van der Waals surface area (Å²) in [6.07, 6.45) is 1.68. The number of nitrogens with one attached hydrogen (secondary N) is 1. The number of rotatable bonds is 5. The van der Waals surface area contributed by atoms with Crippen LogP contribution < -0.4 is 11.1 Å². The van der Waals surface area contributed by atoms with Gasteiger partial charge in [-0.3, -0.25) is 9.47 Å². The molecule has 0 spiro atoms. The Bertz CT molecular complexity index is 1590. The average molecular weight is 487 g/mol. The predicted octanol–water partition coefficient (Wildman–Crippen LogP) is 4.01. The van der Waals surface area contributed by atoms with E-state index in [4.69, 9.17) is 21.0 Å². The van der Waals surface area contributed by atoms with Gasteiger partial charge in [-0.05, 0) is 54.1 Å². The van der Waals surface area contributed by atoms with Gasteiger partial charge in [0.1, 0.15) is 11.3 Å². The van der Waals surface area contributed by atoms with Gasteiger partial charge in [-0.2, -0.15) is 5.26 Å². The van der Waals surface area contributed by atoms with E-state index in [1.54, 1.807) is 18.3 Å². The lowest BCUT2D eigenvalue weighted by Gasteiger charge is -2.27. The summed E-state index contributed by atoms with van der Waals surface area (Å²) >= 11 is 0. The maximum atomic E-state index is 9.15. The fourth-order valence-electron chi connectivity index (χ4n) is 4.74. The highest BCUT2D eigenvalue weighted by Crippen LogP contribution is 2.32. The molecule has 1 aliphatic rings. The molecule has 0 bridgehead atoms. The molecule has 8 heteroatoms. The number of nitrogens with zero attached hydrogens (tertiary/aromatic N) is 6. The van der Waals surface area contributed by atoms with Crippen molar-refractivity contribution in [2.45, 2.75) is 6.54 Å². The molecule has 1 aliphatic heterocycles. The van der Waals surface area contributed by atoms with Gasteiger partial charge in [0.2, 0.25) is 0 Å². The first-order chi connectivity index (χ1) is 18.2. The third kappa shape index (κ3) is 4.54. The number of fused-ring (bicyclic) bond motifs is 1. The van der Waals surface area contributed by atoms with Crippen LogP contribution in [0.1, 0.15) is 11.1 Å². The van der Waals surface area contributed by atoms with Gasteiger partial charge in [0.05, 0.1) is 22.9 Å². The second-order valence-corrected chi connectivity index (χ2v) is 9.13. The number of anilines is 1. The average Bonchev–Trinajstić information content (AvgIpc) is 3.33. The summed E-state index contributed by atoms with van der Waals surface area (Å²) in [6.45, 7) is 5.10. The maximum Gasteiger partial charge on any atom is 0.165 e. The molecular formula is C29H26N8. The molecular weight excluding hydrogens is 460 g/mol. The second-order valence-electron chi connectivity index (χ2n) is 9.13. The minimum absolute atomic E-state index is 0.418. The van der Waals surface area contributed by atoms with E-state index >= 15 is 0 Å². The lowest BCUT2D eigenvalue weighted by atomic mass is 10.1. The van der Waals surface area contributed by atoms with Gasteiger partial charge < -0.3 is 11.1 Å². The number of nitrogen functional groups attached to an aromatic ring is 1. The number of imidazole rings is 1. The Hall–Kier alpha value is -4.58. The van der Waals surface area contributed by atoms with E-state index in [9.17, 15) is 0 Å². The SMILES string of the molecule is N#Cc1ccc(-c2ccc3nc(-c4cccnc4N)n(-c4ccc(CN5CCNCC5)cc4)c3n2)cc1. The zero-order valence-corrected chi connectivity index (χ0v) is 20.3. The zero-order valence-electron chi connectivity index (χ0n) is 20.3. The van der Waals surface area contributed by atoms with Crippen LogP contribution >= 0.6 is 0 Å². The van der Waals surface area contributed by atoms with E-state index in [-0.39, 0.29) is 0 Å². The molecule has 0 saturated carbocycles. The summed E-state index contributed by atoms with van der Waals surface area (Å²) in [5.41, 5.74) is 13.1. The molecule has 1 saturated heterocycles. The summed E-state index contributed by atoms with van der Waals surface area (Å²) in [5, 5.41) is 12.6. The fourth-order valence-corrected chi connectivity index (χ4v) is 4.74. The van der Waals surface area contributed by atoms with Crippen LogP contribution in [-0.2, 0) is 6.54 Å². The number of hydrogen-bond donors (Lipinski definition) is 2. The van der Waals surface area contributed by atoms with Crippen molar-refractivity contribution in [3.63, 3.8) is 0 Å². The van der Waals surface area contributed by atoms with Crippen molar-refractivity contribution in [1.29, 1.82) is 5.26 Å². The number of nitrogens with two attached hydrogens (primary N) is 1.